The number of carbonyl (C=O) groups excluding carboxylic acids is 1. The Bertz CT molecular complexity index is 1380. The van der Waals surface area contributed by atoms with Gasteiger partial charge in [-0.3, -0.25) is 9.52 Å². The van der Waals surface area contributed by atoms with Gasteiger partial charge in [0.2, 0.25) is 5.91 Å². The standard InChI is InChI=1S/C22H20N4O4S2/c1-14-4-3-5-17(12-14)26-32(28,29)18-9-7-16(8-10-18)24-20(27)13-31-22-25-21-19(30-22)11-6-15(2)23-21/h3-12,26H,13H2,1-2H3,(H,24,27). The predicted octanol–water partition coefficient (Wildman–Crippen LogP) is 4.37. The van der Waals surface area contributed by atoms with Crippen LogP contribution in [0.25, 0.3) is 11.2 Å². The summed E-state index contributed by atoms with van der Waals surface area (Å²) in [5, 5.41) is 3.09. The van der Waals surface area contributed by atoms with E-state index in [0.29, 0.717) is 27.8 Å². The Kier molecular flexibility index (Phi) is 6.15. The van der Waals surface area contributed by atoms with Crippen molar-refractivity contribution in [1.29, 1.82) is 0 Å². The first-order valence-electron chi connectivity index (χ1n) is 9.65. The number of pyridine rings is 1. The zero-order valence-corrected chi connectivity index (χ0v) is 19.0. The van der Waals surface area contributed by atoms with E-state index >= 15 is 0 Å². The number of rotatable bonds is 7. The van der Waals surface area contributed by atoms with Gasteiger partial charge >= 0.3 is 0 Å². The average molecular weight is 469 g/mol. The highest BCUT2D eigenvalue weighted by Gasteiger charge is 2.15. The smallest absolute Gasteiger partial charge is 0.261 e. The molecule has 4 rings (SSSR count). The van der Waals surface area contributed by atoms with E-state index in [1.165, 1.54) is 12.1 Å². The Balaban J connectivity index is 1.35. The van der Waals surface area contributed by atoms with Crippen LogP contribution in [-0.2, 0) is 14.8 Å². The van der Waals surface area contributed by atoms with Gasteiger partial charge in [0.05, 0.1) is 10.6 Å². The van der Waals surface area contributed by atoms with E-state index < -0.39 is 10.0 Å². The molecule has 0 spiro atoms. The molecular weight excluding hydrogens is 448 g/mol. The van der Waals surface area contributed by atoms with Gasteiger partial charge < -0.3 is 9.73 Å². The van der Waals surface area contributed by atoms with Gasteiger partial charge in [0.15, 0.2) is 11.2 Å². The molecule has 32 heavy (non-hydrogen) atoms. The Labute approximate surface area is 189 Å². The largest absolute Gasteiger partial charge is 0.430 e. The summed E-state index contributed by atoms with van der Waals surface area (Å²) in [4.78, 5) is 20.9. The number of anilines is 2. The van der Waals surface area contributed by atoms with Crippen molar-refractivity contribution in [1.82, 2.24) is 9.97 Å². The van der Waals surface area contributed by atoms with Gasteiger partial charge in [-0.15, -0.1) is 0 Å². The third-order valence-corrected chi connectivity index (χ3v) is 6.64. The number of hydrogen-bond acceptors (Lipinski definition) is 7. The predicted molar refractivity (Wildman–Crippen MR) is 124 cm³/mol. The summed E-state index contributed by atoms with van der Waals surface area (Å²) >= 11 is 1.15. The van der Waals surface area contributed by atoms with E-state index in [1.807, 2.05) is 26.0 Å². The topological polar surface area (TPSA) is 114 Å². The number of benzene rings is 2. The van der Waals surface area contributed by atoms with Crippen LogP contribution in [0.2, 0.25) is 0 Å². The highest BCUT2D eigenvalue weighted by Crippen LogP contribution is 2.23. The van der Waals surface area contributed by atoms with Crippen LogP contribution in [-0.4, -0.2) is 30.0 Å². The fraction of sp³-hybridized carbons (Fsp3) is 0.136. The highest BCUT2D eigenvalue weighted by atomic mass is 32.2. The molecule has 2 heterocycles. The van der Waals surface area contributed by atoms with Gasteiger partial charge in [-0.05, 0) is 67.9 Å². The normalized spacial score (nSPS) is 11.4. The van der Waals surface area contributed by atoms with Crippen molar-refractivity contribution < 1.29 is 17.6 Å². The van der Waals surface area contributed by atoms with Gasteiger partial charge in [-0.25, -0.2) is 13.4 Å². The van der Waals surface area contributed by atoms with Crippen molar-refractivity contribution in [3.63, 3.8) is 0 Å². The molecule has 2 aromatic heterocycles. The fourth-order valence-electron chi connectivity index (χ4n) is 2.92. The Hall–Kier alpha value is -3.37. The fourth-order valence-corrected chi connectivity index (χ4v) is 4.60. The number of hydrogen-bond donors (Lipinski definition) is 2. The molecule has 2 N–H and O–H groups in total. The van der Waals surface area contributed by atoms with Crippen LogP contribution >= 0.6 is 11.8 Å². The summed E-state index contributed by atoms with van der Waals surface area (Å²) in [6.45, 7) is 3.75. The number of amides is 1. The zero-order valence-electron chi connectivity index (χ0n) is 17.3. The molecule has 0 aliphatic rings. The van der Waals surface area contributed by atoms with E-state index in [2.05, 4.69) is 20.0 Å². The first kappa shape index (κ1) is 21.8. The Morgan fingerprint density at radius 3 is 2.53 bits per heavy atom. The molecule has 0 saturated heterocycles. The molecule has 0 radical (unpaired) electrons. The Morgan fingerprint density at radius 1 is 1.00 bits per heavy atom. The monoisotopic (exact) mass is 468 g/mol. The molecular formula is C22H20N4O4S2. The molecule has 8 nitrogen and oxygen atoms in total. The van der Waals surface area contributed by atoms with E-state index in [0.717, 1.165) is 23.0 Å². The maximum atomic E-state index is 12.6. The van der Waals surface area contributed by atoms with E-state index in [4.69, 9.17) is 4.42 Å². The van der Waals surface area contributed by atoms with Crippen molar-refractivity contribution in [2.75, 3.05) is 15.8 Å². The van der Waals surface area contributed by atoms with Gasteiger partial charge in [-0.2, -0.15) is 4.98 Å². The molecule has 0 atom stereocenters. The minimum atomic E-state index is -3.73. The van der Waals surface area contributed by atoms with Crippen molar-refractivity contribution in [3.8, 4) is 0 Å². The number of fused-ring (bicyclic) bond motifs is 1. The summed E-state index contributed by atoms with van der Waals surface area (Å²) in [6.07, 6.45) is 0. The number of carbonyl (C=O) groups is 1. The highest BCUT2D eigenvalue weighted by molar-refractivity contribution is 7.99. The van der Waals surface area contributed by atoms with Crippen LogP contribution < -0.4 is 10.0 Å². The third kappa shape index (κ3) is 5.27. The van der Waals surface area contributed by atoms with Crippen LogP contribution in [0, 0.1) is 13.8 Å². The molecule has 0 bridgehead atoms. The summed E-state index contributed by atoms with van der Waals surface area (Å²) in [6, 6.07) is 16.7. The molecule has 10 heteroatoms. The van der Waals surface area contributed by atoms with E-state index in [9.17, 15) is 13.2 Å². The number of nitrogens with zero attached hydrogens (tertiary/aromatic N) is 2. The molecule has 2 aromatic carbocycles. The van der Waals surface area contributed by atoms with E-state index in [-0.39, 0.29) is 16.6 Å². The summed E-state index contributed by atoms with van der Waals surface area (Å²) < 4.78 is 33.3. The van der Waals surface area contributed by atoms with Crippen LogP contribution in [0.15, 0.2) is 75.2 Å². The lowest BCUT2D eigenvalue weighted by atomic mass is 10.2. The molecule has 0 saturated carbocycles. The average Bonchev–Trinajstić information content (AvgIpc) is 3.14. The summed E-state index contributed by atoms with van der Waals surface area (Å²) in [5.74, 6) is -0.185. The van der Waals surface area contributed by atoms with Crippen molar-refractivity contribution in [3.05, 3.63) is 71.9 Å². The third-order valence-electron chi connectivity index (χ3n) is 4.42. The van der Waals surface area contributed by atoms with Crippen LogP contribution in [0.1, 0.15) is 11.3 Å². The van der Waals surface area contributed by atoms with Crippen molar-refractivity contribution >= 4 is 50.3 Å². The minimum Gasteiger partial charge on any atom is -0.430 e. The number of aryl methyl sites for hydroxylation is 2. The first-order chi connectivity index (χ1) is 15.3. The molecule has 0 fully saturated rings. The minimum absolute atomic E-state index is 0.0841. The molecule has 1 amide bonds. The number of sulfonamides is 1. The zero-order chi connectivity index (χ0) is 22.7. The lowest BCUT2D eigenvalue weighted by Crippen LogP contribution is -2.15. The number of thioether (sulfide) groups is 1. The SMILES string of the molecule is Cc1cccc(NS(=O)(=O)c2ccc(NC(=O)CSc3nc4nc(C)ccc4o3)cc2)c1. The van der Waals surface area contributed by atoms with Crippen LogP contribution in [0.4, 0.5) is 11.4 Å². The van der Waals surface area contributed by atoms with Crippen LogP contribution in [0.5, 0.6) is 0 Å². The molecule has 0 aliphatic heterocycles. The second-order valence-corrected chi connectivity index (χ2v) is 9.70. The second-order valence-electron chi connectivity index (χ2n) is 7.09. The summed E-state index contributed by atoms with van der Waals surface area (Å²) in [5.41, 5.74) is 3.83. The van der Waals surface area contributed by atoms with Gasteiger partial charge in [-0.1, -0.05) is 23.9 Å². The molecule has 0 aliphatic carbocycles. The lowest BCUT2D eigenvalue weighted by molar-refractivity contribution is -0.113. The lowest BCUT2D eigenvalue weighted by Gasteiger charge is -2.10. The van der Waals surface area contributed by atoms with Crippen LogP contribution in [0.3, 0.4) is 0 Å². The Morgan fingerprint density at radius 2 is 1.78 bits per heavy atom. The van der Waals surface area contributed by atoms with Gasteiger partial charge in [0.1, 0.15) is 0 Å². The first-order valence-corrected chi connectivity index (χ1v) is 12.1. The quantitative estimate of drug-likeness (QED) is 0.387. The van der Waals surface area contributed by atoms with Crippen molar-refractivity contribution in [2.24, 2.45) is 0 Å². The maximum absolute atomic E-state index is 12.6. The summed E-state index contributed by atoms with van der Waals surface area (Å²) in [7, 11) is -3.73. The maximum Gasteiger partial charge on any atom is 0.261 e. The molecule has 0 unspecified atom stereocenters. The second kappa shape index (κ2) is 9.01. The number of oxazole rings is 1. The van der Waals surface area contributed by atoms with Crippen molar-refractivity contribution in [2.45, 2.75) is 24.0 Å². The van der Waals surface area contributed by atoms with Gasteiger partial charge in [0.25, 0.3) is 15.2 Å². The number of nitrogens with one attached hydrogen (secondary N) is 2. The number of aromatic nitrogens is 2. The van der Waals surface area contributed by atoms with E-state index in [1.54, 1.807) is 36.4 Å². The van der Waals surface area contributed by atoms with Gasteiger partial charge in [0, 0.05) is 17.1 Å². The molecule has 164 valence electrons. The molecule has 4 aromatic rings.